The van der Waals surface area contributed by atoms with Gasteiger partial charge in [-0.15, -0.1) is 0 Å². The van der Waals surface area contributed by atoms with Crippen LogP contribution >= 0.6 is 0 Å². The molecule has 5 nitrogen and oxygen atoms in total. The first-order valence-electron chi connectivity index (χ1n) is 7.99. The van der Waals surface area contributed by atoms with Crippen molar-refractivity contribution in [3.05, 3.63) is 59.2 Å². The predicted molar refractivity (Wildman–Crippen MR) is 88.1 cm³/mol. The highest BCUT2D eigenvalue weighted by Crippen LogP contribution is 2.31. The Hall–Kier alpha value is -2.27. The summed E-state index contributed by atoms with van der Waals surface area (Å²) < 4.78 is 0. The van der Waals surface area contributed by atoms with E-state index in [0.29, 0.717) is 5.92 Å². The molecule has 5 heteroatoms. The number of oxime groups is 1. The zero-order valence-electron chi connectivity index (χ0n) is 13.4. The van der Waals surface area contributed by atoms with E-state index in [-0.39, 0.29) is 6.10 Å². The molecule has 1 aromatic heterocycles. The van der Waals surface area contributed by atoms with Gasteiger partial charge in [-0.2, -0.15) is 0 Å². The van der Waals surface area contributed by atoms with Crippen LogP contribution < -0.4 is 0 Å². The third kappa shape index (κ3) is 2.84. The molecule has 2 aromatic rings. The van der Waals surface area contributed by atoms with E-state index >= 15 is 0 Å². The molecule has 2 atom stereocenters. The highest BCUT2D eigenvalue weighted by atomic mass is 16.6. The maximum Gasteiger partial charge on any atom is 0.149 e. The van der Waals surface area contributed by atoms with Crippen LogP contribution in [0, 0.1) is 19.8 Å². The van der Waals surface area contributed by atoms with E-state index in [1.165, 1.54) is 11.1 Å². The van der Waals surface area contributed by atoms with Crippen molar-refractivity contribution in [2.24, 2.45) is 11.1 Å². The Balaban J connectivity index is 1.47. The molecule has 2 aliphatic heterocycles. The summed E-state index contributed by atoms with van der Waals surface area (Å²) in [4.78, 5) is 16.6. The Morgan fingerprint density at radius 2 is 2.00 bits per heavy atom. The number of fused-ring (bicyclic) bond motifs is 1. The number of hydrogen-bond donors (Lipinski definition) is 0. The van der Waals surface area contributed by atoms with Crippen molar-refractivity contribution in [3.63, 3.8) is 0 Å². The lowest BCUT2D eigenvalue weighted by molar-refractivity contribution is 0.0745. The average Bonchev–Trinajstić information content (AvgIpc) is 3.09. The molecular weight excluding hydrogens is 288 g/mol. The number of benzene rings is 1. The molecule has 1 aromatic carbocycles. The zero-order chi connectivity index (χ0) is 15.8. The number of hydrogen-bond acceptors (Lipinski definition) is 5. The zero-order valence-corrected chi connectivity index (χ0v) is 13.4. The normalized spacial score (nSPS) is 23.5. The molecule has 0 radical (unpaired) electrons. The SMILES string of the molecule is Cc1cccc(C2=NO[C@H]3CN(Cc4cnc(C)nc4)C[C@H]23)c1. The van der Waals surface area contributed by atoms with Crippen LogP contribution in [0.3, 0.4) is 0 Å². The molecule has 0 bridgehead atoms. The predicted octanol–water partition coefficient (Wildman–Crippen LogP) is 2.33. The van der Waals surface area contributed by atoms with Gasteiger partial charge in [0.05, 0.1) is 11.6 Å². The fraction of sp³-hybridized carbons (Fsp3) is 0.389. The lowest BCUT2D eigenvalue weighted by atomic mass is 9.94. The number of aromatic nitrogens is 2. The maximum absolute atomic E-state index is 5.69. The van der Waals surface area contributed by atoms with Gasteiger partial charge in [-0.3, -0.25) is 4.90 Å². The Kier molecular flexibility index (Phi) is 3.58. The number of nitrogens with zero attached hydrogens (tertiary/aromatic N) is 4. The van der Waals surface area contributed by atoms with Crippen LogP contribution in [0.5, 0.6) is 0 Å². The van der Waals surface area contributed by atoms with Gasteiger partial charge >= 0.3 is 0 Å². The van der Waals surface area contributed by atoms with Crippen molar-refractivity contribution in [1.82, 2.24) is 14.9 Å². The first kappa shape index (κ1) is 14.3. The minimum absolute atomic E-state index is 0.164. The van der Waals surface area contributed by atoms with Gasteiger partial charge in [0.2, 0.25) is 0 Å². The monoisotopic (exact) mass is 308 g/mol. The van der Waals surface area contributed by atoms with Crippen molar-refractivity contribution >= 4 is 5.71 Å². The van der Waals surface area contributed by atoms with Gasteiger partial charge in [0.25, 0.3) is 0 Å². The minimum atomic E-state index is 0.164. The van der Waals surface area contributed by atoms with Crippen molar-refractivity contribution in [2.75, 3.05) is 13.1 Å². The van der Waals surface area contributed by atoms with Gasteiger partial charge in [0, 0.05) is 43.2 Å². The molecule has 118 valence electrons. The Bertz CT molecular complexity index is 741. The van der Waals surface area contributed by atoms with Crippen LogP contribution in [-0.4, -0.2) is 39.8 Å². The second-order valence-electron chi connectivity index (χ2n) is 6.43. The Labute approximate surface area is 136 Å². The third-order valence-electron chi connectivity index (χ3n) is 4.53. The van der Waals surface area contributed by atoms with Crippen LogP contribution in [0.25, 0.3) is 0 Å². The molecule has 0 aliphatic carbocycles. The fourth-order valence-corrected chi connectivity index (χ4v) is 3.37. The molecule has 2 aliphatic rings. The van der Waals surface area contributed by atoms with E-state index in [1.807, 2.05) is 19.3 Å². The smallest absolute Gasteiger partial charge is 0.149 e. The maximum atomic E-state index is 5.69. The minimum Gasteiger partial charge on any atom is -0.390 e. The quantitative estimate of drug-likeness (QED) is 0.873. The average molecular weight is 308 g/mol. The van der Waals surface area contributed by atoms with E-state index in [1.54, 1.807) is 0 Å². The summed E-state index contributed by atoms with van der Waals surface area (Å²) in [7, 11) is 0. The molecule has 0 saturated carbocycles. The van der Waals surface area contributed by atoms with Crippen molar-refractivity contribution in [3.8, 4) is 0 Å². The van der Waals surface area contributed by atoms with E-state index < -0.39 is 0 Å². The number of rotatable bonds is 3. The largest absolute Gasteiger partial charge is 0.390 e. The standard InChI is InChI=1S/C18H20N4O/c1-12-4-3-5-15(6-12)18-16-10-22(11-17(16)23-21-18)9-14-7-19-13(2)20-8-14/h3-8,16-17H,9-11H2,1-2H3/t16-,17-/m0/s1. The van der Waals surface area contributed by atoms with Crippen molar-refractivity contribution in [2.45, 2.75) is 26.5 Å². The second kappa shape index (κ2) is 5.74. The number of aryl methyl sites for hydroxylation is 2. The van der Waals surface area contributed by atoms with E-state index in [0.717, 1.165) is 36.7 Å². The molecule has 1 saturated heterocycles. The second-order valence-corrected chi connectivity index (χ2v) is 6.43. The molecule has 0 unspecified atom stereocenters. The molecule has 23 heavy (non-hydrogen) atoms. The Morgan fingerprint density at radius 3 is 2.78 bits per heavy atom. The van der Waals surface area contributed by atoms with Crippen molar-refractivity contribution < 1.29 is 4.84 Å². The molecule has 4 rings (SSSR count). The van der Waals surface area contributed by atoms with E-state index in [9.17, 15) is 0 Å². The molecule has 1 fully saturated rings. The lowest BCUT2D eigenvalue weighted by Gasteiger charge is -2.16. The summed E-state index contributed by atoms with van der Waals surface area (Å²) in [6.45, 7) is 6.73. The number of likely N-dealkylation sites (tertiary alicyclic amines) is 1. The van der Waals surface area contributed by atoms with E-state index in [2.05, 4.69) is 51.2 Å². The summed E-state index contributed by atoms with van der Waals surface area (Å²) in [6, 6.07) is 8.49. The molecule has 0 N–H and O–H groups in total. The van der Waals surface area contributed by atoms with Crippen LogP contribution in [0.1, 0.15) is 22.5 Å². The fourth-order valence-electron chi connectivity index (χ4n) is 3.37. The van der Waals surface area contributed by atoms with Crippen LogP contribution in [0.15, 0.2) is 41.8 Å². The first-order valence-corrected chi connectivity index (χ1v) is 7.99. The van der Waals surface area contributed by atoms with E-state index in [4.69, 9.17) is 4.84 Å². The molecule has 0 amide bonds. The summed E-state index contributed by atoms with van der Waals surface area (Å²) in [5.74, 6) is 1.16. The van der Waals surface area contributed by atoms with Crippen LogP contribution in [0.2, 0.25) is 0 Å². The highest BCUT2D eigenvalue weighted by molar-refractivity contribution is 6.03. The first-order chi connectivity index (χ1) is 11.2. The van der Waals surface area contributed by atoms with Gasteiger partial charge < -0.3 is 4.84 Å². The van der Waals surface area contributed by atoms with Gasteiger partial charge in [-0.25, -0.2) is 9.97 Å². The van der Waals surface area contributed by atoms with Crippen molar-refractivity contribution in [1.29, 1.82) is 0 Å². The van der Waals surface area contributed by atoms with Gasteiger partial charge in [0.15, 0.2) is 0 Å². The summed E-state index contributed by atoms with van der Waals surface area (Å²) in [6.07, 6.45) is 3.98. The third-order valence-corrected chi connectivity index (χ3v) is 4.53. The summed E-state index contributed by atoms with van der Waals surface area (Å²) >= 11 is 0. The van der Waals surface area contributed by atoms with Gasteiger partial charge in [0.1, 0.15) is 11.9 Å². The molecule has 0 spiro atoms. The Morgan fingerprint density at radius 1 is 1.17 bits per heavy atom. The van der Waals surface area contributed by atoms with Gasteiger partial charge in [-0.1, -0.05) is 35.0 Å². The lowest BCUT2D eigenvalue weighted by Crippen LogP contribution is -2.23. The summed E-state index contributed by atoms with van der Waals surface area (Å²) in [5.41, 5.74) is 4.66. The summed E-state index contributed by atoms with van der Waals surface area (Å²) in [5, 5.41) is 4.35. The highest BCUT2D eigenvalue weighted by Gasteiger charge is 2.42. The van der Waals surface area contributed by atoms with Gasteiger partial charge in [-0.05, 0) is 13.8 Å². The molecule has 3 heterocycles. The molecular formula is C18H20N4O. The van der Waals surface area contributed by atoms with Crippen LogP contribution in [0.4, 0.5) is 0 Å². The van der Waals surface area contributed by atoms with Crippen LogP contribution in [-0.2, 0) is 11.4 Å². The topological polar surface area (TPSA) is 50.6 Å².